The molecule has 0 spiro atoms. The fourth-order valence-electron chi connectivity index (χ4n) is 1.62. The molecule has 2 atom stereocenters. The smallest absolute Gasteiger partial charge is 0.229 e. The highest BCUT2D eigenvalue weighted by Crippen LogP contribution is 2.27. The maximum atomic E-state index is 12.9. The molecule has 1 fully saturated rings. The molecule has 0 saturated heterocycles. The Hall–Kier alpha value is -0.860. The Balaban J connectivity index is 2.52. The molecule has 0 aromatic rings. The number of amides is 1. The zero-order valence-electron chi connectivity index (χ0n) is 9.77. The lowest BCUT2D eigenvalue weighted by atomic mass is 9.85. The molecule has 15 heavy (non-hydrogen) atoms. The third-order valence-corrected chi connectivity index (χ3v) is 3.34. The number of nitrogens with one attached hydrogen (secondary N) is 1. The molecular formula is C12H20FNO. The molecule has 1 N–H and O–H groups in total. The number of carbonyl (C=O) groups excluding carboxylic acids is 1. The predicted octanol–water partition coefficient (Wildman–Crippen LogP) is 2.60. The van der Waals surface area contributed by atoms with Crippen LogP contribution in [0.5, 0.6) is 0 Å². The summed E-state index contributed by atoms with van der Waals surface area (Å²) in [5, 5.41) is 2.89. The third-order valence-electron chi connectivity index (χ3n) is 3.34. The molecule has 1 saturated carbocycles. The summed E-state index contributed by atoms with van der Waals surface area (Å²) >= 11 is 0. The SMILES string of the molecule is C=C(C)C(C)(C)C(=O)NC1CCC(F)C1. The topological polar surface area (TPSA) is 29.1 Å². The Bertz CT molecular complexity index is 273. The van der Waals surface area contributed by atoms with Crippen LogP contribution in [0.15, 0.2) is 12.2 Å². The van der Waals surface area contributed by atoms with E-state index in [1.54, 1.807) is 0 Å². The van der Waals surface area contributed by atoms with E-state index in [1.807, 2.05) is 20.8 Å². The van der Waals surface area contributed by atoms with Crippen molar-refractivity contribution in [1.29, 1.82) is 0 Å². The van der Waals surface area contributed by atoms with Gasteiger partial charge in [-0.05, 0) is 40.0 Å². The highest BCUT2D eigenvalue weighted by molar-refractivity contribution is 5.85. The second-order valence-corrected chi connectivity index (χ2v) is 4.99. The minimum atomic E-state index is -0.747. The van der Waals surface area contributed by atoms with Gasteiger partial charge in [0.1, 0.15) is 6.17 Å². The molecule has 0 aliphatic heterocycles. The van der Waals surface area contributed by atoms with Gasteiger partial charge in [-0.2, -0.15) is 0 Å². The first-order chi connectivity index (χ1) is 6.84. The number of alkyl halides is 1. The summed E-state index contributed by atoms with van der Waals surface area (Å²) < 4.78 is 12.9. The van der Waals surface area contributed by atoms with Crippen LogP contribution in [0.3, 0.4) is 0 Å². The first kappa shape index (κ1) is 12.2. The number of hydrogen-bond donors (Lipinski definition) is 1. The predicted molar refractivity (Wildman–Crippen MR) is 59.3 cm³/mol. The molecule has 3 heteroatoms. The van der Waals surface area contributed by atoms with E-state index in [4.69, 9.17) is 0 Å². The summed E-state index contributed by atoms with van der Waals surface area (Å²) in [6.07, 6.45) is 1.03. The molecule has 0 heterocycles. The van der Waals surface area contributed by atoms with Gasteiger partial charge < -0.3 is 5.32 Å². The highest BCUT2D eigenvalue weighted by atomic mass is 19.1. The van der Waals surface area contributed by atoms with E-state index in [-0.39, 0.29) is 11.9 Å². The summed E-state index contributed by atoms with van der Waals surface area (Å²) in [5.41, 5.74) is 0.267. The first-order valence-corrected chi connectivity index (χ1v) is 5.45. The fraction of sp³-hybridized carbons (Fsp3) is 0.750. The maximum absolute atomic E-state index is 12.9. The summed E-state index contributed by atoms with van der Waals surface area (Å²) in [4.78, 5) is 11.9. The molecule has 0 bridgehead atoms. The molecule has 1 aliphatic carbocycles. The summed E-state index contributed by atoms with van der Waals surface area (Å²) in [6, 6.07) is 0.00567. The standard InChI is InChI=1S/C12H20FNO/c1-8(2)12(3,4)11(15)14-10-6-5-9(13)7-10/h9-10H,1,5-7H2,2-4H3,(H,14,15). The monoisotopic (exact) mass is 213 g/mol. The second kappa shape index (κ2) is 4.33. The maximum Gasteiger partial charge on any atom is 0.229 e. The quantitative estimate of drug-likeness (QED) is 0.717. The molecule has 0 radical (unpaired) electrons. The molecule has 1 amide bonds. The summed E-state index contributed by atoms with van der Waals surface area (Å²) in [7, 11) is 0. The Labute approximate surface area is 90.9 Å². The third kappa shape index (κ3) is 2.80. The van der Waals surface area contributed by atoms with Crippen molar-refractivity contribution < 1.29 is 9.18 Å². The van der Waals surface area contributed by atoms with Crippen LogP contribution in [0.4, 0.5) is 4.39 Å². The average Bonchev–Trinajstić information content (AvgIpc) is 2.50. The van der Waals surface area contributed by atoms with E-state index in [9.17, 15) is 9.18 Å². The normalized spacial score (nSPS) is 26.4. The van der Waals surface area contributed by atoms with Crippen molar-refractivity contribution in [2.24, 2.45) is 5.41 Å². The second-order valence-electron chi connectivity index (χ2n) is 4.99. The van der Waals surface area contributed by atoms with Crippen LogP contribution in [0.1, 0.15) is 40.0 Å². The summed E-state index contributed by atoms with van der Waals surface area (Å²) in [5.74, 6) is -0.0471. The zero-order valence-corrected chi connectivity index (χ0v) is 9.77. The zero-order chi connectivity index (χ0) is 11.6. The molecule has 0 aromatic carbocycles. The van der Waals surface area contributed by atoms with Crippen molar-refractivity contribution in [3.8, 4) is 0 Å². The summed E-state index contributed by atoms with van der Waals surface area (Å²) in [6.45, 7) is 9.32. The van der Waals surface area contributed by atoms with Crippen molar-refractivity contribution in [2.75, 3.05) is 0 Å². The number of hydrogen-bond acceptors (Lipinski definition) is 1. The largest absolute Gasteiger partial charge is 0.353 e. The Kier molecular flexibility index (Phi) is 3.53. The first-order valence-electron chi connectivity index (χ1n) is 5.45. The molecular weight excluding hydrogens is 193 g/mol. The molecule has 1 aliphatic rings. The van der Waals surface area contributed by atoms with Gasteiger partial charge in [-0.15, -0.1) is 0 Å². The molecule has 86 valence electrons. The van der Waals surface area contributed by atoms with Gasteiger partial charge in [0.25, 0.3) is 0 Å². The van der Waals surface area contributed by atoms with E-state index in [2.05, 4.69) is 11.9 Å². The van der Waals surface area contributed by atoms with Crippen LogP contribution in [0, 0.1) is 5.41 Å². The van der Waals surface area contributed by atoms with Gasteiger partial charge in [-0.25, -0.2) is 4.39 Å². The van der Waals surface area contributed by atoms with Crippen molar-refractivity contribution in [1.82, 2.24) is 5.32 Å². The van der Waals surface area contributed by atoms with E-state index < -0.39 is 11.6 Å². The highest BCUT2D eigenvalue weighted by Gasteiger charge is 2.32. The van der Waals surface area contributed by atoms with Crippen LogP contribution in [-0.2, 0) is 4.79 Å². The van der Waals surface area contributed by atoms with Crippen LogP contribution >= 0.6 is 0 Å². The lowest BCUT2D eigenvalue weighted by Gasteiger charge is -2.26. The van der Waals surface area contributed by atoms with Gasteiger partial charge in [-0.3, -0.25) is 4.79 Å². The number of halogens is 1. The Morgan fingerprint density at radius 1 is 1.47 bits per heavy atom. The Morgan fingerprint density at radius 3 is 2.47 bits per heavy atom. The molecule has 2 unspecified atom stereocenters. The Morgan fingerprint density at radius 2 is 2.07 bits per heavy atom. The molecule has 1 rings (SSSR count). The van der Waals surface area contributed by atoms with Gasteiger partial charge in [0.15, 0.2) is 0 Å². The van der Waals surface area contributed by atoms with Crippen molar-refractivity contribution >= 4 is 5.91 Å². The average molecular weight is 213 g/mol. The lowest BCUT2D eigenvalue weighted by Crippen LogP contribution is -2.42. The van der Waals surface area contributed by atoms with E-state index in [0.717, 1.165) is 12.0 Å². The van der Waals surface area contributed by atoms with Gasteiger partial charge in [0.05, 0.1) is 5.41 Å². The van der Waals surface area contributed by atoms with Gasteiger partial charge in [0.2, 0.25) is 5.91 Å². The van der Waals surface area contributed by atoms with Gasteiger partial charge >= 0.3 is 0 Å². The van der Waals surface area contributed by atoms with Crippen LogP contribution in [-0.4, -0.2) is 18.1 Å². The van der Waals surface area contributed by atoms with Gasteiger partial charge in [0, 0.05) is 6.04 Å². The van der Waals surface area contributed by atoms with E-state index in [1.165, 1.54) is 0 Å². The molecule has 2 nitrogen and oxygen atoms in total. The fourth-order valence-corrected chi connectivity index (χ4v) is 1.62. The van der Waals surface area contributed by atoms with Crippen molar-refractivity contribution in [3.63, 3.8) is 0 Å². The van der Waals surface area contributed by atoms with Crippen LogP contribution in [0.25, 0.3) is 0 Å². The number of rotatable bonds is 3. The number of carbonyl (C=O) groups is 1. The van der Waals surface area contributed by atoms with Crippen molar-refractivity contribution in [2.45, 2.75) is 52.2 Å². The van der Waals surface area contributed by atoms with E-state index in [0.29, 0.717) is 12.8 Å². The minimum Gasteiger partial charge on any atom is -0.353 e. The van der Waals surface area contributed by atoms with Gasteiger partial charge in [-0.1, -0.05) is 12.2 Å². The molecule has 0 aromatic heterocycles. The van der Waals surface area contributed by atoms with Crippen LogP contribution in [0.2, 0.25) is 0 Å². The minimum absolute atomic E-state index is 0.00567. The lowest BCUT2D eigenvalue weighted by molar-refractivity contribution is -0.128. The van der Waals surface area contributed by atoms with E-state index >= 15 is 0 Å². The van der Waals surface area contributed by atoms with Crippen molar-refractivity contribution in [3.05, 3.63) is 12.2 Å². The van der Waals surface area contributed by atoms with Crippen LogP contribution < -0.4 is 5.32 Å².